The number of hydrogen-bond acceptors (Lipinski definition) is 2. The van der Waals surface area contributed by atoms with E-state index >= 15 is 0 Å². The Hall–Kier alpha value is -1.91. The van der Waals surface area contributed by atoms with E-state index in [-0.39, 0.29) is 35.6 Å². The van der Waals surface area contributed by atoms with Gasteiger partial charge in [0.15, 0.2) is 0 Å². The predicted molar refractivity (Wildman–Crippen MR) is 89.7 cm³/mol. The van der Waals surface area contributed by atoms with E-state index in [1.165, 1.54) is 18.6 Å². The number of rotatable bonds is 3. The number of nitrogens with one attached hydrogen (secondary N) is 1. The third-order valence-electron chi connectivity index (χ3n) is 5.36. The first-order valence-corrected chi connectivity index (χ1v) is 8.88. The average Bonchev–Trinajstić information content (AvgIpc) is 2.59. The Labute approximate surface area is 142 Å². The van der Waals surface area contributed by atoms with Crippen LogP contribution in [0.2, 0.25) is 0 Å². The molecule has 2 fully saturated rings. The minimum absolute atomic E-state index is 0.0237. The van der Waals surface area contributed by atoms with Crippen LogP contribution < -0.4 is 5.32 Å². The molecule has 2 amide bonds. The Kier molecular flexibility index (Phi) is 5.17. The molecule has 1 N–H and O–H groups in total. The Bertz CT molecular complexity index is 596. The molecule has 130 valence electrons. The van der Waals surface area contributed by atoms with Gasteiger partial charge in [0.1, 0.15) is 5.82 Å². The van der Waals surface area contributed by atoms with E-state index in [2.05, 4.69) is 5.32 Å². The largest absolute Gasteiger partial charge is 0.353 e. The normalized spacial score (nSPS) is 25.6. The first-order chi connectivity index (χ1) is 11.6. The molecule has 1 heterocycles. The predicted octanol–water partition coefficient (Wildman–Crippen LogP) is 3.18. The molecule has 1 aromatic rings. The highest BCUT2D eigenvalue weighted by Crippen LogP contribution is 2.36. The molecule has 3 rings (SSSR count). The topological polar surface area (TPSA) is 49.4 Å². The summed E-state index contributed by atoms with van der Waals surface area (Å²) in [5.74, 6) is -0.534. The van der Waals surface area contributed by atoms with Crippen molar-refractivity contribution in [2.45, 2.75) is 57.0 Å². The van der Waals surface area contributed by atoms with Crippen LogP contribution in [-0.4, -0.2) is 29.8 Å². The number of amides is 2. The molecular weight excluding hydrogens is 307 g/mol. The lowest BCUT2D eigenvalue weighted by Gasteiger charge is -2.39. The lowest BCUT2D eigenvalue weighted by molar-refractivity contribution is -0.142. The standard InChI is InChI=1S/C19H25FN2O2/c1-22-17(23)12-11-16(18(22)13-7-9-14(20)10-8-13)19(24)21-15-5-3-2-4-6-15/h7-10,15-16,18H,2-6,11-12H2,1H3,(H,21,24). The number of carbonyl (C=O) groups excluding carboxylic acids is 2. The molecule has 1 aliphatic carbocycles. The van der Waals surface area contributed by atoms with Gasteiger partial charge in [-0.05, 0) is 37.0 Å². The summed E-state index contributed by atoms with van der Waals surface area (Å²) in [5.41, 5.74) is 0.816. The maximum absolute atomic E-state index is 13.2. The molecule has 2 aliphatic rings. The zero-order chi connectivity index (χ0) is 17.1. The summed E-state index contributed by atoms with van der Waals surface area (Å²) in [6, 6.07) is 6.06. The van der Waals surface area contributed by atoms with Crippen molar-refractivity contribution in [3.63, 3.8) is 0 Å². The van der Waals surface area contributed by atoms with Crippen molar-refractivity contribution in [3.05, 3.63) is 35.6 Å². The highest BCUT2D eigenvalue weighted by Gasteiger charge is 2.39. The number of hydrogen-bond donors (Lipinski definition) is 1. The van der Waals surface area contributed by atoms with Crippen LogP contribution in [-0.2, 0) is 9.59 Å². The van der Waals surface area contributed by atoms with Gasteiger partial charge in [-0.2, -0.15) is 0 Å². The van der Waals surface area contributed by atoms with Crippen molar-refractivity contribution in [3.8, 4) is 0 Å². The third kappa shape index (κ3) is 3.60. The zero-order valence-electron chi connectivity index (χ0n) is 14.1. The highest BCUT2D eigenvalue weighted by atomic mass is 19.1. The van der Waals surface area contributed by atoms with E-state index in [1.807, 2.05) is 0 Å². The van der Waals surface area contributed by atoms with Crippen LogP contribution in [0.5, 0.6) is 0 Å². The van der Waals surface area contributed by atoms with Gasteiger partial charge in [-0.1, -0.05) is 31.4 Å². The van der Waals surface area contributed by atoms with E-state index in [0.29, 0.717) is 12.8 Å². The summed E-state index contributed by atoms with van der Waals surface area (Å²) >= 11 is 0. The SMILES string of the molecule is CN1C(=O)CCC(C(=O)NC2CCCCC2)C1c1ccc(F)cc1. The smallest absolute Gasteiger partial charge is 0.225 e. The van der Waals surface area contributed by atoms with Crippen molar-refractivity contribution in [1.29, 1.82) is 0 Å². The second-order valence-electron chi connectivity index (χ2n) is 6.99. The second-order valence-corrected chi connectivity index (χ2v) is 6.99. The minimum Gasteiger partial charge on any atom is -0.353 e. The van der Waals surface area contributed by atoms with Gasteiger partial charge >= 0.3 is 0 Å². The lowest BCUT2D eigenvalue weighted by atomic mass is 9.83. The summed E-state index contributed by atoms with van der Waals surface area (Å²) in [6.07, 6.45) is 6.57. The number of benzene rings is 1. The van der Waals surface area contributed by atoms with E-state index in [1.54, 1.807) is 24.1 Å². The molecule has 1 aromatic carbocycles. The minimum atomic E-state index is -0.324. The number of halogens is 1. The number of carbonyl (C=O) groups is 2. The Morgan fingerprint density at radius 1 is 1.12 bits per heavy atom. The second kappa shape index (κ2) is 7.32. The van der Waals surface area contributed by atoms with Crippen LogP contribution in [0.4, 0.5) is 4.39 Å². The van der Waals surface area contributed by atoms with Gasteiger partial charge in [-0.25, -0.2) is 4.39 Å². The van der Waals surface area contributed by atoms with E-state index in [4.69, 9.17) is 0 Å². The molecule has 0 spiro atoms. The molecule has 0 radical (unpaired) electrons. The fraction of sp³-hybridized carbons (Fsp3) is 0.579. The molecule has 24 heavy (non-hydrogen) atoms. The van der Waals surface area contributed by atoms with Crippen molar-refractivity contribution >= 4 is 11.8 Å². The van der Waals surface area contributed by atoms with E-state index in [0.717, 1.165) is 31.2 Å². The van der Waals surface area contributed by atoms with Crippen molar-refractivity contribution in [2.75, 3.05) is 7.05 Å². The monoisotopic (exact) mass is 332 g/mol. The Morgan fingerprint density at radius 2 is 1.79 bits per heavy atom. The van der Waals surface area contributed by atoms with Gasteiger partial charge in [0.05, 0.1) is 12.0 Å². The van der Waals surface area contributed by atoms with E-state index < -0.39 is 0 Å². The number of likely N-dealkylation sites (tertiary alicyclic amines) is 1. The van der Waals surface area contributed by atoms with Gasteiger partial charge in [0.2, 0.25) is 11.8 Å². The molecular formula is C19H25FN2O2. The molecule has 2 unspecified atom stereocenters. The molecule has 0 bridgehead atoms. The van der Waals surface area contributed by atoms with Gasteiger partial charge in [0, 0.05) is 19.5 Å². The zero-order valence-corrected chi connectivity index (χ0v) is 14.1. The lowest BCUT2D eigenvalue weighted by Crippen LogP contribution is -2.48. The van der Waals surface area contributed by atoms with Crippen LogP contribution in [0, 0.1) is 11.7 Å². The van der Waals surface area contributed by atoms with Gasteiger partial charge in [-0.15, -0.1) is 0 Å². The van der Waals surface area contributed by atoms with Crippen LogP contribution in [0.25, 0.3) is 0 Å². The van der Waals surface area contributed by atoms with Gasteiger partial charge in [0.25, 0.3) is 0 Å². The molecule has 2 atom stereocenters. The fourth-order valence-electron chi connectivity index (χ4n) is 3.98. The highest BCUT2D eigenvalue weighted by molar-refractivity contribution is 5.85. The van der Waals surface area contributed by atoms with Crippen molar-refractivity contribution in [2.24, 2.45) is 5.92 Å². The Morgan fingerprint density at radius 3 is 2.46 bits per heavy atom. The van der Waals surface area contributed by atoms with Crippen LogP contribution >= 0.6 is 0 Å². The third-order valence-corrected chi connectivity index (χ3v) is 5.36. The fourth-order valence-corrected chi connectivity index (χ4v) is 3.98. The summed E-state index contributed by atoms with van der Waals surface area (Å²) in [5, 5.41) is 3.18. The maximum atomic E-state index is 13.2. The first kappa shape index (κ1) is 16.9. The van der Waals surface area contributed by atoms with Crippen LogP contribution in [0.3, 0.4) is 0 Å². The maximum Gasteiger partial charge on any atom is 0.225 e. The van der Waals surface area contributed by atoms with Crippen LogP contribution in [0.1, 0.15) is 56.6 Å². The quantitative estimate of drug-likeness (QED) is 0.924. The summed E-state index contributed by atoms with van der Waals surface area (Å²) in [7, 11) is 1.73. The molecule has 4 nitrogen and oxygen atoms in total. The molecule has 1 aliphatic heterocycles. The van der Waals surface area contributed by atoms with Gasteiger partial charge < -0.3 is 10.2 Å². The summed E-state index contributed by atoms with van der Waals surface area (Å²) in [4.78, 5) is 26.6. The molecule has 5 heteroatoms. The van der Waals surface area contributed by atoms with Crippen molar-refractivity contribution in [1.82, 2.24) is 10.2 Å². The van der Waals surface area contributed by atoms with Crippen molar-refractivity contribution < 1.29 is 14.0 Å². The molecule has 1 saturated carbocycles. The average molecular weight is 332 g/mol. The number of piperidine rings is 1. The summed E-state index contributed by atoms with van der Waals surface area (Å²) in [6.45, 7) is 0. The molecule has 0 aromatic heterocycles. The molecule has 1 saturated heterocycles. The van der Waals surface area contributed by atoms with E-state index in [9.17, 15) is 14.0 Å². The first-order valence-electron chi connectivity index (χ1n) is 8.88. The van der Waals surface area contributed by atoms with Crippen LogP contribution in [0.15, 0.2) is 24.3 Å². The number of nitrogens with zero attached hydrogens (tertiary/aromatic N) is 1. The Balaban J connectivity index is 1.79. The summed E-state index contributed by atoms with van der Waals surface area (Å²) < 4.78 is 13.2. The van der Waals surface area contributed by atoms with Gasteiger partial charge in [-0.3, -0.25) is 9.59 Å².